The second-order valence-electron chi connectivity index (χ2n) is 6.88. The van der Waals surface area contributed by atoms with Crippen molar-refractivity contribution in [3.05, 3.63) is 0 Å². The highest BCUT2D eigenvalue weighted by molar-refractivity contribution is 7.53. The van der Waals surface area contributed by atoms with Crippen molar-refractivity contribution in [1.82, 2.24) is 4.90 Å². The molecule has 4 atom stereocenters. The minimum atomic E-state index is -3.01. The van der Waals surface area contributed by atoms with Gasteiger partial charge in [0, 0.05) is 13.7 Å². The van der Waals surface area contributed by atoms with Gasteiger partial charge in [0.15, 0.2) is 0 Å². The smallest absolute Gasteiger partial charge is 0.411 e. The summed E-state index contributed by atoms with van der Waals surface area (Å²) in [5, 5.41) is 0. The molecule has 1 saturated carbocycles. The Bertz CT molecular complexity index is 478. The Morgan fingerprint density at radius 1 is 1.08 bits per heavy atom. The van der Waals surface area contributed by atoms with Crippen LogP contribution in [-0.2, 0) is 23.1 Å². The van der Waals surface area contributed by atoms with Crippen molar-refractivity contribution < 1.29 is 27.9 Å². The molecule has 2 aliphatic rings. The molecule has 7 nitrogen and oxygen atoms in total. The normalized spacial score (nSPS) is 30.0. The Balaban J connectivity index is 1.99. The Hall–Kier alpha value is -0.620. The average Bonchev–Trinajstić information content (AvgIpc) is 2.60. The van der Waals surface area contributed by atoms with E-state index in [1.165, 1.54) is 7.11 Å². The predicted octanol–water partition coefficient (Wildman–Crippen LogP) is 3.73. The van der Waals surface area contributed by atoms with Crippen molar-refractivity contribution in [3.8, 4) is 0 Å². The summed E-state index contributed by atoms with van der Waals surface area (Å²) in [6, 6.07) is 0. The van der Waals surface area contributed by atoms with Crippen LogP contribution in [0.15, 0.2) is 0 Å². The number of carbonyl (C=O) groups excluding carboxylic acids is 1. The van der Waals surface area contributed by atoms with Crippen LogP contribution in [-0.4, -0.2) is 57.4 Å². The molecule has 25 heavy (non-hydrogen) atoms. The third-order valence-electron chi connectivity index (χ3n) is 5.35. The molecule has 4 unspecified atom stereocenters. The van der Waals surface area contributed by atoms with E-state index < -0.39 is 7.60 Å². The molecule has 0 spiro atoms. The standard InChI is InChI=1S/C17H32NO6P/c1-5-23-25(20,24-6-2)12-13-7-8-14-11-18(17(19)22-4)16(21-3)10-15(14)9-13/h13-16H,5-12H2,1-4H3. The molecule has 0 bridgehead atoms. The maximum Gasteiger partial charge on any atom is 0.411 e. The summed E-state index contributed by atoms with van der Waals surface area (Å²) in [7, 11) is 0.0188. The lowest BCUT2D eigenvalue weighted by molar-refractivity contribution is -0.0883. The van der Waals surface area contributed by atoms with E-state index in [9.17, 15) is 9.36 Å². The van der Waals surface area contributed by atoms with E-state index in [0.29, 0.717) is 43.7 Å². The molecule has 2 fully saturated rings. The van der Waals surface area contributed by atoms with Crippen LogP contribution in [0.2, 0.25) is 0 Å². The van der Waals surface area contributed by atoms with Crippen LogP contribution in [0.4, 0.5) is 4.79 Å². The quantitative estimate of drug-likeness (QED) is 0.630. The zero-order valence-electron chi connectivity index (χ0n) is 15.8. The van der Waals surface area contributed by atoms with Gasteiger partial charge in [-0.1, -0.05) is 0 Å². The molecule has 0 N–H and O–H groups in total. The fraction of sp³-hybridized carbons (Fsp3) is 0.941. The fourth-order valence-electron chi connectivity index (χ4n) is 4.26. The number of fused-ring (bicyclic) bond motifs is 1. The number of likely N-dealkylation sites (tertiary alicyclic amines) is 1. The number of amides is 1. The van der Waals surface area contributed by atoms with E-state index in [2.05, 4.69) is 0 Å². The molecular weight excluding hydrogens is 345 g/mol. The van der Waals surface area contributed by atoms with Gasteiger partial charge in [-0.25, -0.2) is 4.79 Å². The summed E-state index contributed by atoms with van der Waals surface area (Å²) in [6.07, 6.45) is 3.66. The first-order valence-corrected chi connectivity index (χ1v) is 10.9. The number of ether oxygens (including phenoxy) is 2. The number of piperidine rings is 1. The third kappa shape index (κ3) is 5.19. The van der Waals surface area contributed by atoms with E-state index >= 15 is 0 Å². The number of rotatable bonds is 7. The molecule has 1 aliphatic carbocycles. The van der Waals surface area contributed by atoms with Crippen molar-refractivity contribution in [2.24, 2.45) is 17.8 Å². The van der Waals surface area contributed by atoms with E-state index in [4.69, 9.17) is 18.5 Å². The highest BCUT2D eigenvalue weighted by atomic mass is 31.2. The van der Waals surface area contributed by atoms with Gasteiger partial charge in [0.05, 0.1) is 26.5 Å². The van der Waals surface area contributed by atoms with Crippen molar-refractivity contribution in [2.75, 3.05) is 40.1 Å². The van der Waals surface area contributed by atoms with Gasteiger partial charge in [-0.15, -0.1) is 0 Å². The van der Waals surface area contributed by atoms with E-state index in [-0.39, 0.29) is 12.3 Å². The second kappa shape index (κ2) is 9.36. The van der Waals surface area contributed by atoms with Gasteiger partial charge in [0.1, 0.15) is 6.23 Å². The Morgan fingerprint density at radius 3 is 2.32 bits per heavy atom. The van der Waals surface area contributed by atoms with Crippen molar-refractivity contribution in [1.29, 1.82) is 0 Å². The van der Waals surface area contributed by atoms with E-state index in [1.807, 2.05) is 13.8 Å². The Morgan fingerprint density at radius 2 is 1.76 bits per heavy atom. The van der Waals surface area contributed by atoms with Gasteiger partial charge < -0.3 is 18.5 Å². The summed E-state index contributed by atoms with van der Waals surface area (Å²) in [5.74, 6) is 1.23. The zero-order chi connectivity index (χ0) is 18.4. The molecule has 1 saturated heterocycles. The third-order valence-corrected chi connectivity index (χ3v) is 7.61. The first-order chi connectivity index (χ1) is 12.0. The molecule has 8 heteroatoms. The van der Waals surface area contributed by atoms with Gasteiger partial charge in [0.25, 0.3) is 0 Å². The van der Waals surface area contributed by atoms with Gasteiger partial charge >= 0.3 is 13.7 Å². The summed E-state index contributed by atoms with van der Waals surface area (Å²) in [4.78, 5) is 13.6. The number of methoxy groups -OCH3 is 2. The average molecular weight is 377 g/mol. The van der Waals surface area contributed by atoms with Crippen molar-refractivity contribution in [3.63, 3.8) is 0 Å². The minimum absolute atomic E-state index is 0.252. The number of hydrogen-bond acceptors (Lipinski definition) is 6. The van der Waals surface area contributed by atoms with Crippen LogP contribution >= 0.6 is 7.60 Å². The minimum Gasteiger partial charge on any atom is -0.453 e. The number of hydrogen-bond donors (Lipinski definition) is 0. The number of carbonyl (C=O) groups is 1. The lowest BCUT2D eigenvalue weighted by atomic mass is 9.71. The zero-order valence-corrected chi connectivity index (χ0v) is 16.7. The van der Waals surface area contributed by atoms with Crippen LogP contribution in [0.3, 0.4) is 0 Å². The van der Waals surface area contributed by atoms with Gasteiger partial charge in [-0.2, -0.15) is 0 Å². The van der Waals surface area contributed by atoms with Gasteiger partial charge in [-0.3, -0.25) is 9.46 Å². The molecule has 0 aromatic heterocycles. The van der Waals surface area contributed by atoms with Crippen LogP contribution in [0.1, 0.15) is 39.5 Å². The molecule has 1 heterocycles. The van der Waals surface area contributed by atoms with Crippen LogP contribution in [0, 0.1) is 17.8 Å². The summed E-state index contributed by atoms with van der Waals surface area (Å²) in [6.45, 7) is 5.14. The van der Waals surface area contributed by atoms with Crippen LogP contribution < -0.4 is 0 Å². The molecule has 2 rings (SSSR count). The largest absolute Gasteiger partial charge is 0.453 e. The van der Waals surface area contributed by atoms with E-state index in [0.717, 1.165) is 25.7 Å². The van der Waals surface area contributed by atoms with Crippen molar-refractivity contribution in [2.45, 2.75) is 45.8 Å². The Labute approximate surface area is 150 Å². The molecule has 0 aromatic rings. The van der Waals surface area contributed by atoms with Crippen LogP contribution in [0.5, 0.6) is 0 Å². The molecular formula is C17H32NO6P. The predicted molar refractivity (Wildman–Crippen MR) is 94.6 cm³/mol. The first kappa shape index (κ1) is 20.7. The molecule has 1 amide bonds. The fourth-order valence-corrected chi connectivity index (χ4v) is 6.30. The Kier molecular flexibility index (Phi) is 7.74. The second-order valence-corrected chi connectivity index (χ2v) is 8.98. The van der Waals surface area contributed by atoms with E-state index in [1.54, 1.807) is 12.0 Å². The lowest BCUT2D eigenvalue weighted by Gasteiger charge is -2.46. The molecule has 146 valence electrons. The summed E-state index contributed by atoms with van der Waals surface area (Å²) in [5.41, 5.74) is 0. The number of nitrogens with zero attached hydrogens (tertiary/aromatic N) is 1. The maximum absolute atomic E-state index is 12.8. The van der Waals surface area contributed by atoms with Gasteiger partial charge in [0.2, 0.25) is 0 Å². The van der Waals surface area contributed by atoms with Gasteiger partial charge in [-0.05, 0) is 57.3 Å². The summed E-state index contributed by atoms with van der Waals surface area (Å²) < 4.78 is 34.1. The topological polar surface area (TPSA) is 74.3 Å². The highest BCUT2D eigenvalue weighted by Crippen LogP contribution is 2.53. The lowest BCUT2D eigenvalue weighted by Crippen LogP contribution is -2.52. The molecule has 0 radical (unpaired) electrons. The molecule has 0 aromatic carbocycles. The SMILES string of the molecule is CCOP(=O)(CC1CCC2CN(C(=O)OC)C(OC)CC2C1)OCC. The maximum atomic E-state index is 12.8. The molecule has 1 aliphatic heterocycles. The monoisotopic (exact) mass is 377 g/mol. The summed E-state index contributed by atoms with van der Waals surface area (Å²) >= 11 is 0. The van der Waals surface area contributed by atoms with Crippen LogP contribution in [0.25, 0.3) is 0 Å². The van der Waals surface area contributed by atoms with Crippen molar-refractivity contribution >= 4 is 13.7 Å². The first-order valence-electron chi connectivity index (χ1n) is 9.21. The highest BCUT2D eigenvalue weighted by Gasteiger charge is 2.43.